The summed E-state index contributed by atoms with van der Waals surface area (Å²) in [7, 11) is 1.66. The molecule has 0 aliphatic rings. The Balaban J connectivity index is 2.61. The zero-order valence-corrected chi connectivity index (χ0v) is 8.11. The Kier molecular flexibility index (Phi) is 1.96. The van der Waals surface area contributed by atoms with Crippen LogP contribution in [0.1, 0.15) is 11.5 Å². The molecule has 14 heavy (non-hydrogen) atoms. The Labute approximate surface area is 81.5 Å². The molecular weight excluding hydrogens is 178 g/mol. The highest BCUT2D eigenvalue weighted by Gasteiger charge is 2.04. The van der Waals surface area contributed by atoms with Gasteiger partial charge in [0.2, 0.25) is 0 Å². The molecule has 4 heteroatoms. The van der Waals surface area contributed by atoms with Gasteiger partial charge in [-0.25, -0.2) is 4.98 Å². The van der Waals surface area contributed by atoms with E-state index in [4.69, 9.17) is 10.2 Å². The van der Waals surface area contributed by atoms with Gasteiger partial charge in [0.05, 0.1) is 0 Å². The van der Waals surface area contributed by atoms with Crippen molar-refractivity contribution in [3.63, 3.8) is 0 Å². The molecule has 0 radical (unpaired) electrons. The number of hydrogen-bond acceptors (Lipinski definition) is 3. The molecule has 2 N–H and O–H groups in total. The number of hydrogen-bond donors (Lipinski definition) is 1. The van der Waals surface area contributed by atoms with Crippen molar-refractivity contribution in [2.45, 2.75) is 6.92 Å². The fourth-order valence-electron chi connectivity index (χ4n) is 1.33. The molecule has 0 amide bonds. The van der Waals surface area contributed by atoms with Gasteiger partial charge in [0.1, 0.15) is 11.4 Å². The van der Waals surface area contributed by atoms with Gasteiger partial charge in [-0.15, -0.1) is 0 Å². The SMILES string of the molecule is CN=C(N)c1ccc2oc(C)nc2c1. The smallest absolute Gasteiger partial charge is 0.192 e. The molecule has 0 aliphatic heterocycles. The molecule has 0 bridgehead atoms. The second-order valence-corrected chi connectivity index (χ2v) is 3.02. The lowest BCUT2D eigenvalue weighted by Crippen LogP contribution is -2.12. The minimum atomic E-state index is 0.507. The van der Waals surface area contributed by atoms with Crippen LogP contribution in [0.15, 0.2) is 27.6 Å². The lowest BCUT2D eigenvalue weighted by molar-refractivity contribution is 0.561. The third-order valence-corrected chi connectivity index (χ3v) is 2.03. The van der Waals surface area contributed by atoms with E-state index in [1.54, 1.807) is 7.05 Å². The van der Waals surface area contributed by atoms with E-state index < -0.39 is 0 Å². The summed E-state index contributed by atoms with van der Waals surface area (Å²) in [6.07, 6.45) is 0. The topological polar surface area (TPSA) is 64.4 Å². The van der Waals surface area contributed by atoms with Crippen LogP contribution < -0.4 is 5.73 Å². The number of nitrogens with zero attached hydrogens (tertiary/aromatic N) is 2. The van der Waals surface area contributed by atoms with Crippen LogP contribution in [-0.4, -0.2) is 17.9 Å². The Morgan fingerprint density at radius 1 is 1.50 bits per heavy atom. The van der Waals surface area contributed by atoms with Crippen LogP contribution in [0.4, 0.5) is 0 Å². The predicted molar refractivity (Wildman–Crippen MR) is 55.4 cm³/mol. The summed E-state index contributed by atoms with van der Waals surface area (Å²) in [6, 6.07) is 5.59. The number of aromatic nitrogens is 1. The van der Waals surface area contributed by atoms with E-state index in [0.29, 0.717) is 11.7 Å². The minimum absolute atomic E-state index is 0.507. The average Bonchev–Trinajstić information content (AvgIpc) is 2.55. The lowest BCUT2D eigenvalue weighted by Gasteiger charge is -1.97. The van der Waals surface area contributed by atoms with E-state index in [2.05, 4.69) is 9.98 Å². The normalized spacial score (nSPS) is 12.3. The van der Waals surface area contributed by atoms with Crippen LogP contribution in [0, 0.1) is 6.92 Å². The monoisotopic (exact) mass is 189 g/mol. The van der Waals surface area contributed by atoms with Gasteiger partial charge < -0.3 is 10.2 Å². The van der Waals surface area contributed by atoms with Gasteiger partial charge in [0, 0.05) is 19.5 Å². The van der Waals surface area contributed by atoms with Crippen molar-refractivity contribution in [2.75, 3.05) is 7.05 Å². The third-order valence-electron chi connectivity index (χ3n) is 2.03. The zero-order chi connectivity index (χ0) is 10.1. The maximum absolute atomic E-state index is 5.68. The van der Waals surface area contributed by atoms with E-state index in [9.17, 15) is 0 Å². The maximum Gasteiger partial charge on any atom is 0.192 e. The average molecular weight is 189 g/mol. The maximum atomic E-state index is 5.68. The first-order valence-corrected chi connectivity index (χ1v) is 4.30. The summed E-state index contributed by atoms with van der Waals surface area (Å²) >= 11 is 0. The molecule has 72 valence electrons. The molecule has 1 heterocycles. The molecule has 0 saturated heterocycles. The van der Waals surface area contributed by atoms with Gasteiger partial charge in [0.25, 0.3) is 0 Å². The van der Waals surface area contributed by atoms with Gasteiger partial charge in [-0.05, 0) is 18.2 Å². The Morgan fingerprint density at radius 2 is 2.29 bits per heavy atom. The fraction of sp³-hybridized carbons (Fsp3) is 0.200. The summed E-state index contributed by atoms with van der Waals surface area (Å²) in [5, 5.41) is 0. The van der Waals surface area contributed by atoms with Crippen LogP contribution in [0.5, 0.6) is 0 Å². The molecule has 0 atom stereocenters. The van der Waals surface area contributed by atoms with Crippen LogP contribution in [-0.2, 0) is 0 Å². The fourth-order valence-corrected chi connectivity index (χ4v) is 1.33. The molecule has 0 saturated carbocycles. The van der Waals surface area contributed by atoms with Crippen molar-refractivity contribution < 1.29 is 4.42 Å². The number of benzene rings is 1. The number of nitrogens with two attached hydrogens (primary N) is 1. The van der Waals surface area contributed by atoms with E-state index >= 15 is 0 Å². The summed E-state index contributed by atoms with van der Waals surface area (Å²) < 4.78 is 5.34. The minimum Gasteiger partial charge on any atom is -0.441 e. The molecule has 0 fully saturated rings. The Bertz CT molecular complexity index is 499. The number of aliphatic imine (C=N–C) groups is 1. The van der Waals surface area contributed by atoms with Crippen LogP contribution in [0.3, 0.4) is 0 Å². The second-order valence-electron chi connectivity index (χ2n) is 3.02. The third kappa shape index (κ3) is 1.35. The van der Waals surface area contributed by atoms with Crippen molar-refractivity contribution >= 4 is 16.9 Å². The van der Waals surface area contributed by atoms with Crippen molar-refractivity contribution in [3.8, 4) is 0 Å². The number of fused-ring (bicyclic) bond motifs is 1. The molecule has 1 aromatic carbocycles. The molecule has 0 spiro atoms. The largest absolute Gasteiger partial charge is 0.441 e. The van der Waals surface area contributed by atoms with E-state index in [-0.39, 0.29) is 0 Å². The summed E-state index contributed by atoms with van der Waals surface area (Å²) in [5.74, 6) is 1.16. The highest BCUT2D eigenvalue weighted by atomic mass is 16.3. The van der Waals surface area contributed by atoms with Crippen LogP contribution in [0.2, 0.25) is 0 Å². The summed E-state index contributed by atoms with van der Waals surface area (Å²) in [4.78, 5) is 8.12. The number of oxazole rings is 1. The predicted octanol–water partition coefficient (Wildman–Crippen LogP) is 1.47. The van der Waals surface area contributed by atoms with Gasteiger partial charge in [-0.2, -0.15) is 0 Å². The Morgan fingerprint density at radius 3 is 3.00 bits per heavy atom. The molecule has 4 nitrogen and oxygen atoms in total. The van der Waals surface area contributed by atoms with E-state index in [1.807, 2.05) is 25.1 Å². The van der Waals surface area contributed by atoms with Crippen molar-refractivity contribution in [1.82, 2.24) is 4.98 Å². The van der Waals surface area contributed by atoms with Crippen LogP contribution in [0.25, 0.3) is 11.1 Å². The first-order chi connectivity index (χ1) is 6.70. The molecule has 2 rings (SSSR count). The molecule has 2 aromatic rings. The van der Waals surface area contributed by atoms with Gasteiger partial charge in [-0.3, -0.25) is 4.99 Å². The van der Waals surface area contributed by atoms with Crippen molar-refractivity contribution in [2.24, 2.45) is 10.7 Å². The van der Waals surface area contributed by atoms with Gasteiger partial charge in [-0.1, -0.05) is 0 Å². The van der Waals surface area contributed by atoms with Crippen molar-refractivity contribution in [3.05, 3.63) is 29.7 Å². The molecular formula is C10H11N3O. The lowest BCUT2D eigenvalue weighted by atomic mass is 10.2. The number of rotatable bonds is 1. The number of aryl methyl sites for hydroxylation is 1. The van der Waals surface area contributed by atoms with Crippen LogP contribution >= 0.6 is 0 Å². The second kappa shape index (κ2) is 3.14. The van der Waals surface area contributed by atoms with Gasteiger partial charge in [0.15, 0.2) is 11.5 Å². The Hall–Kier alpha value is -1.84. The van der Waals surface area contributed by atoms with E-state index in [1.165, 1.54) is 0 Å². The molecule has 1 aromatic heterocycles. The van der Waals surface area contributed by atoms with E-state index in [0.717, 1.165) is 16.7 Å². The highest BCUT2D eigenvalue weighted by Crippen LogP contribution is 2.16. The first-order valence-electron chi connectivity index (χ1n) is 4.30. The summed E-state index contributed by atoms with van der Waals surface area (Å²) in [6.45, 7) is 1.82. The van der Waals surface area contributed by atoms with Crippen molar-refractivity contribution in [1.29, 1.82) is 0 Å². The zero-order valence-electron chi connectivity index (χ0n) is 8.11. The quantitative estimate of drug-likeness (QED) is 0.545. The standard InChI is InChI=1S/C10H11N3O/c1-6-13-8-5-7(10(11)12-2)3-4-9(8)14-6/h3-5H,1-2H3,(H2,11,12). The molecule has 0 aliphatic carbocycles. The molecule has 0 unspecified atom stereocenters. The van der Waals surface area contributed by atoms with Gasteiger partial charge >= 0.3 is 0 Å². The number of amidine groups is 1. The first kappa shape index (κ1) is 8.74. The summed E-state index contributed by atoms with van der Waals surface area (Å²) in [5.41, 5.74) is 8.14. The highest BCUT2D eigenvalue weighted by molar-refractivity contribution is 5.99.